The van der Waals surface area contributed by atoms with Gasteiger partial charge in [0.2, 0.25) is 0 Å². The SMILES string of the molecule is Cc1ccn(C2O[C@H](COC(=O)c3ccccc3)[C@@H](OC(=O)c3ccccc3)[C@@]2(C)C#N)c(=O)n1. The van der Waals surface area contributed by atoms with Gasteiger partial charge in [-0.15, -0.1) is 0 Å². The number of carbonyl (C=O) groups is 2. The third kappa shape index (κ3) is 4.83. The first-order valence-corrected chi connectivity index (χ1v) is 10.9. The lowest BCUT2D eigenvalue weighted by Gasteiger charge is -2.28. The lowest BCUT2D eigenvalue weighted by Crippen LogP contribution is -2.43. The Kier molecular flexibility index (Phi) is 6.75. The molecular weight excluding hydrogens is 450 g/mol. The van der Waals surface area contributed by atoms with E-state index in [1.54, 1.807) is 73.7 Å². The van der Waals surface area contributed by atoms with Crippen LogP contribution in [0.3, 0.4) is 0 Å². The number of benzene rings is 2. The zero-order valence-electron chi connectivity index (χ0n) is 19.2. The van der Waals surface area contributed by atoms with Crippen molar-refractivity contribution in [1.82, 2.24) is 9.55 Å². The number of rotatable bonds is 6. The minimum Gasteiger partial charge on any atom is -0.459 e. The standard InChI is InChI=1S/C26H23N3O6/c1-17-13-14-29(25(32)28-17)24-26(2,16-27)21(35-23(31)19-11-7-4-8-12-19)20(34-24)15-33-22(30)18-9-5-3-6-10-18/h3-14,20-21,24H,15H2,1-2H3/t20-,21-,24?,26-/m1/s1. The highest BCUT2D eigenvalue weighted by Gasteiger charge is 2.58. The summed E-state index contributed by atoms with van der Waals surface area (Å²) in [7, 11) is 0. The summed E-state index contributed by atoms with van der Waals surface area (Å²) in [6, 6.07) is 20.4. The molecule has 0 saturated carbocycles. The molecule has 2 heterocycles. The second kappa shape index (κ2) is 9.91. The molecule has 1 aliphatic rings. The highest BCUT2D eigenvalue weighted by atomic mass is 16.6. The van der Waals surface area contributed by atoms with Crippen molar-refractivity contribution >= 4 is 11.9 Å². The second-order valence-electron chi connectivity index (χ2n) is 8.34. The van der Waals surface area contributed by atoms with E-state index in [1.807, 2.05) is 0 Å². The van der Waals surface area contributed by atoms with Crippen LogP contribution >= 0.6 is 0 Å². The molecule has 35 heavy (non-hydrogen) atoms. The number of hydrogen-bond acceptors (Lipinski definition) is 8. The van der Waals surface area contributed by atoms with E-state index < -0.39 is 41.5 Å². The van der Waals surface area contributed by atoms with Gasteiger partial charge in [0.25, 0.3) is 0 Å². The van der Waals surface area contributed by atoms with E-state index in [1.165, 1.54) is 17.7 Å². The van der Waals surface area contributed by atoms with Gasteiger partial charge in [0, 0.05) is 11.9 Å². The Hall–Kier alpha value is -4.29. The Morgan fingerprint density at radius 1 is 1.06 bits per heavy atom. The van der Waals surface area contributed by atoms with Crippen LogP contribution in [0.15, 0.2) is 77.7 Å². The van der Waals surface area contributed by atoms with E-state index in [0.29, 0.717) is 11.3 Å². The van der Waals surface area contributed by atoms with Crippen LogP contribution in [0, 0.1) is 23.7 Å². The van der Waals surface area contributed by atoms with Crippen molar-refractivity contribution in [2.75, 3.05) is 6.61 Å². The van der Waals surface area contributed by atoms with E-state index in [4.69, 9.17) is 14.2 Å². The highest BCUT2D eigenvalue weighted by Crippen LogP contribution is 2.46. The topological polar surface area (TPSA) is 121 Å². The number of hydrogen-bond donors (Lipinski definition) is 0. The first-order chi connectivity index (χ1) is 16.8. The van der Waals surface area contributed by atoms with Gasteiger partial charge in [-0.25, -0.2) is 14.4 Å². The van der Waals surface area contributed by atoms with Gasteiger partial charge in [-0.2, -0.15) is 10.2 Å². The van der Waals surface area contributed by atoms with E-state index in [2.05, 4.69) is 11.1 Å². The number of nitrogens with zero attached hydrogens (tertiary/aromatic N) is 3. The number of aromatic nitrogens is 2. The predicted octanol–water partition coefficient (Wildman–Crippen LogP) is 3.06. The summed E-state index contributed by atoms with van der Waals surface area (Å²) in [5.74, 6) is -1.27. The summed E-state index contributed by atoms with van der Waals surface area (Å²) in [5.41, 5.74) is -0.989. The molecular formula is C26H23N3O6. The number of esters is 2. The Morgan fingerprint density at radius 2 is 1.66 bits per heavy atom. The smallest absolute Gasteiger partial charge is 0.349 e. The quantitative estimate of drug-likeness (QED) is 0.501. The Morgan fingerprint density at radius 3 is 2.23 bits per heavy atom. The van der Waals surface area contributed by atoms with Gasteiger partial charge in [-0.1, -0.05) is 36.4 Å². The van der Waals surface area contributed by atoms with Gasteiger partial charge in [0.15, 0.2) is 12.3 Å². The van der Waals surface area contributed by atoms with Crippen LogP contribution in [-0.4, -0.2) is 40.3 Å². The van der Waals surface area contributed by atoms with Crippen LogP contribution in [0.4, 0.5) is 0 Å². The zero-order chi connectivity index (χ0) is 25.0. The van der Waals surface area contributed by atoms with Crippen molar-refractivity contribution in [1.29, 1.82) is 5.26 Å². The van der Waals surface area contributed by atoms with Crippen LogP contribution < -0.4 is 5.69 Å². The molecule has 0 bridgehead atoms. The van der Waals surface area contributed by atoms with Crippen LogP contribution in [-0.2, 0) is 14.2 Å². The minimum atomic E-state index is -1.49. The molecule has 0 spiro atoms. The Balaban J connectivity index is 1.66. The van der Waals surface area contributed by atoms with Crippen molar-refractivity contribution in [3.05, 3.63) is 100 Å². The van der Waals surface area contributed by atoms with Crippen LogP contribution in [0.1, 0.15) is 39.6 Å². The predicted molar refractivity (Wildman–Crippen MR) is 123 cm³/mol. The van der Waals surface area contributed by atoms with Gasteiger partial charge in [-0.3, -0.25) is 4.57 Å². The van der Waals surface area contributed by atoms with Crippen LogP contribution in [0.2, 0.25) is 0 Å². The normalized spacial score (nSPS) is 23.3. The fourth-order valence-corrected chi connectivity index (χ4v) is 3.95. The fourth-order valence-electron chi connectivity index (χ4n) is 3.95. The molecule has 0 amide bonds. The van der Waals surface area contributed by atoms with Crippen molar-refractivity contribution in [2.45, 2.75) is 32.3 Å². The molecule has 9 heteroatoms. The molecule has 178 valence electrons. The van der Waals surface area contributed by atoms with Gasteiger partial charge in [0.1, 0.15) is 18.1 Å². The summed E-state index contributed by atoms with van der Waals surface area (Å²) in [6.45, 7) is 2.90. The van der Waals surface area contributed by atoms with Crippen molar-refractivity contribution in [3.63, 3.8) is 0 Å². The fraction of sp³-hybridized carbons (Fsp3) is 0.269. The molecule has 1 aromatic heterocycles. The molecule has 4 rings (SSSR count). The molecule has 0 N–H and O–H groups in total. The van der Waals surface area contributed by atoms with Gasteiger partial charge < -0.3 is 14.2 Å². The lowest BCUT2D eigenvalue weighted by atomic mass is 9.83. The molecule has 1 saturated heterocycles. The van der Waals surface area contributed by atoms with E-state index in [9.17, 15) is 19.6 Å². The largest absolute Gasteiger partial charge is 0.459 e. The number of aryl methyl sites for hydroxylation is 1. The van der Waals surface area contributed by atoms with Crippen molar-refractivity contribution < 1.29 is 23.8 Å². The monoisotopic (exact) mass is 473 g/mol. The van der Waals surface area contributed by atoms with E-state index >= 15 is 0 Å². The summed E-state index contributed by atoms with van der Waals surface area (Å²) in [5, 5.41) is 10.2. The maximum Gasteiger partial charge on any atom is 0.349 e. The molecule has 0 radical (unpaired) electrons. The van der Waals surface area contributed by atoms with Crippen molar-refractivity contribution in [2.24, 2.45) is 5.41 Å². The average molecular weight is 473 g/mol. The Bertz CT molecular complexity index is 1320. The molecule has 9 nitrogen and oxygen atoms in total. The number of carbonyl (C=O) groups excluding carboxylic acids is 2. The molecule has 1 fully saturated rings. The second-order valence-corrected chi connectivity index (χ2v) is 8.34. The summed E-state index contributed by atoms with van der Waals surface area (Å²) >= 11 is 0. The third-order valence-electron chi connectivity index (χ3n) is 5.84. The molecule has 1 unspecified atom stereocenters. The minimum absolute atomic E-state index is 0.283. The van der Waals surface area contributed by atoms with Gasteiger partial charge >= 0.3 is 17.6 Å². The summed E-state index contributed by atoms with van der Waals surface area (Å²) in [4.78, 5) is 41.9. The van der Waals surface area contributed by atoms with Crippen LogP contribution in [0.25, 0.3) is 0 Å². The molecule has 4 atom stereocenters. The molecule has 3 aromatic rings. The van der Waals surface area contributed by atoms with E-state index in [0.717, 1.165) is 0 Å². The number of ether oxygens (including phenoxy) is 3. The highest BCUT2D eigenvalue weighted by molar-refractivity contribution is 5.90. The van der Waals surface area contributed by atoms with Gasteiger partial charge in [0.05, 0.1) is 17.2 Å². The van der Waals surface area contributed by atoms with Crippen molar-refractivity contribution in [3.8, 4) is 6.07 Å². The van der Waals surface area contributed by atoms with E-state index in [-0.39, 0.29) is 12.2 Å². The summed E-state index contributed by atoms with van der Waals surface area (Å²) < 4.78 is 18.4. The maximum atomic E-state index is 12.9. The lowest BCUT2D eigenvalue weighted by molar-refractivity contribution is -0.0596. The molecule has 1 aliphatic heterocycles. The van der Waals surface area contributed by atoms with Gasteiger partial charge in [-0.05, 0) is 44.2 Å². The molecule has 2 aromatic carbocycles. The first kappa shape index (κ1) is 23.9. The Labute approximate surface area is 201 Å². The maximum absolute atomic E-state index is 12.9. The molecule has 0 aliphatic carbocycles. The summed E-state index contributed by atoms with van der Waals surface area (Å²) in [6.07, 6.45) is -1.83. The third-order valence-corrected chi connectivity index (χ3v) is 5.84. The first-order valence-electron chi connectivity index (χ1n) is 10.9. The zero-order valence-corrected chi connectivity index (χ0v) is 19.2. The number of nitriles is 1. The average Bonchev–Trinajstić information content (AvgIpc) is 3.15. The van der Waals surface area contributed by atoms with Crippen LogP contribution in [0.5, 0.6) is 0 Å².